The molecule has 11 heavy (non-hydrogen) atoms. The average molecular weight is 143 g/mol. The lowest BCUT2D eigenvalue weighted by Crippen LogP contribution is -1.85. The Morgan fingerprint density at radius 3 is 3.09 bits per heavy atom. The van der Waals surface area contributed by atoms with Crippen LogP contribution in [0.5, 0.6) is 0 Å². The van der Waals surface area contributed by atoms with Crippen molar-refractivity contribution in [2.75, 3.05) is 0 Å². The maximum absolute atomic E-state index is 4.08. The highest BCUT2D eigenvalue weighted by Gasteiger charge is 1.95. The van der Waals surface area contributed by atoms with Gasteiger partial charge in [0.25, 0.3) is 0 Å². The van der Waals surface area contributed by atoms with Crippen LogP contribution in [0.1, 0.15) is 5.69 Å². The Labute approximate surface area is 64.9 Å². The van der Waals surface area contributed by atoms with Gasteiger partial charge in [0.1, 0.15) is 6.33 Å². The molecule has 2 rings (SSSR count). The molecule has 0 unspecified atom stereocenters. The molecule has 2 heteroatoms. The molecule has 0 aliphatic heterocycles. The number of aromatic nitrogens is 2. The average Bonchev–Trinajstić information content (AvgIpc) is 2.06. The lowest BCUT2D eigenvalue weighted by molar-refractivity contribution is 1.15. The fourth-order valence-corrected chi connectivity index (χ4v) is 1.07. The van der Waals surface area contributed by atoms with E-state index in [-0.39, 0.29) is 0 Å². The predicted octanol–water partition coefficient (Wildman–Crippen LogP) is 1.74. The van der Waals surface area contributed by atoms with Crippen molar-refractivity contribution in [3.8, 4) is 0 Å². The fourth-order valence-electron chi connectivity index (χ4n) is 1.07. The van der Waals surface area contributed by atoms with E-state index in [1.165, 1.54) is 0 Å². The molecule has 0 aliphatic carbocycles. The summed E-state index contributed by atoms with van der Waals surface area (Å²) in [5.41, 5.74) is 1.90. The van der Waals surface area contributed by atoms with Crippen LogP contribution in [-0.4, -0.2) is 9.97 Å². The van der Waals surface area contributed by atoms with Crippen molar-refractivity contribution >= 4 is 10.9 Å². The van der Waals surface area contributed by atoms with Crippen molar-refractivity contribution in [3.05, 3.63) is 36.3 Å². The monoisotopic (exact) mass is 143 g/mol. The number of benzene rings is 1. The van der Waals surface area contributed by atoms with Crippen LogP contribution < -0.4 is 0 Å². The third-order valence-electron chi connectivity index (χ3n) is 1.66. The number of rotatable bonds is 0. The van der Waals surface area contributed by atoms with E-state index in [4.69, 9.17) is 0 Å². The topological polar surface area (TPSA) is 25.8 Å². The Kier molecular flexibility index (Phi) is 1.32. The highest BCUT2D eigenvalue weighted by Crippen LogP contribution is 2.11. The number of hydrogen-bond donors (Lipinski definition) is 0. The van der Waals surface area contributed by atoms with Crippen LogP contribution in [-0.2, 0) is 0 Å². The van der Waals surface area contributed by atoms with Crippen molar-refractivity contribution < 1.29 is 0 Å². The van der Waals surface area contributed by atoms with E-state index < -0.39 is 0 Å². The minimum atomic E-state index is 0.889. The lowest BCUT2D eigenvalue weighted by atomic mass is 10.2. The minimum absolute atomic E-state index is 0.889. The number of aryl methyl sites for hydroxylation is 1. The Hall–Kier alpha value is -1.44. The molecule has 2 nitrogen and oxygen atoms in total. The second kappa shape index (κ2) is 2.31. The standard InChI is InChI=1S/C9H7N2/c1-7-8-4-2-3-5-9(8)11-6-10-7/h2-4,6H,1H3. The molecular weight excluding hydrogens is 136 g/mol. The van der Waals surface area contributed by atoms with Gasteiger partial charge in [0.05, 0.1) is 5.52 Å². The van der Waals surface area contributed by atoms with Crippen molar-refractivity contribution in [1.29, 1.82) is 0 Å². The third-order valence-corrected chi connectivity index (χ3v) is 1.66. The molecule has 1 radical (unpaired) electrons. The van der Waals surface area contributed by atoms with E-state index in [1.807, 2.05) is 25.1 Å². The molecular formula is C9H7N2. The molecule has 0 aliphatic rings. The summed E-state index contributed by atoms with van der Waals surface area (Å²) in [5.74, 6) is 0. The highest BCUT2D eigenvalue weighted by atomic mass is 14.8. The number of hydrogen-bond acceptors (Lipinski definition) is 2. The normalized spacial score (nSPS) is 10.3. The molecule has 1 heterocycles. The Morgan fingerprint density at radius 2 is 2.27 bits per heavy atom. The first-order valence-corrected chi connectivity index (χ1v) is 3.46. The molecule has 1 aromatic heterocycles. The first-order valence-electron chi connectivity index (χ1n) is 3.46. The van der Waals surface area contributed by atoms with Crippen molar-refractivity contribution in [2.24, 2.45) is 0 Å². The predicted molar refractivity (Wildman–Crippen MR) is 43.1 cm³/mol. The molecule has 0 atom stereocenters. The molecule has 1 aromatic carbocycles. The summed E-state index contributed by atoms with van der Waals surface area (Å²) in [4.78, 5) is 8.15. The van der Waals surface area contributed by atoms with Crippen LogP contribution in [0.25, 0.3) is 10.9 Å². The largest absolute Gasteiger partial charge is 0.241 e. The third kappa shape index (κ3) is 0.963. The molecule has 0 spiro atoms. The lowest BCUT2D eigenvalue weighted by Gasteiger charge is -1.96. The van der Waals surface area contributed by atoms with E-state index in [0.717, 1.165) is 16.6 Å². The molecule has 0 N–H and O–H groups in total. The van der Waals surface area contributed by atoms with Gasteiger partial charge in [-0.1, -0.05) is 18.2 Å². The van der Waals surface area contributed by atoms with Gasteiger partial charge >= 0.3 is 0 Å². The molecule has 0 saturated heterocycles. The molecule has 0 saturated carbocycles. The zero-order chi connectivity index (χ0) is 7.68. The van der Waals surface area contributed by atoms with Crippen molar-refractivity contribution in [3.63, 3.8) is 0 Å². The summed E-state index contributed by atoms with van der Waals surface area (Å²) in [6, 6.07) is 8.84. The van der Waals surface area contributed by atoms with Gasteiger partial charge in [-0.3, -0.25) is 0 Å². The zero-order valence-electron chi connectivity index (χ0n) is 6.20. The van der Waals surface area contributed by atoms with Gasteiger partial charge in [-0.2, -0.15) is 0 Å². The van der Waals surface area contributed by atoms with E-state index in [1.54, 1.807) is 6.33 Å². The van der Waals surface area contributed by atoms with Crippen LogP contribution >= 0.6 is 0 Å². The molecule has 53 valence electrons. The van der Waals surface area contributed by atoms with E-state index in [0.29, 0.717) is 0 Å². The second-order valence-corrected chi connectivity index (χ2v) is 2.39. The van der Waals surface area contributed by atoms with E-state index in [9.17, 15) is 0 Å². The van der Waals surface area contributed by atoms with Gasteiger partial charge in [0.2, 0.25) is 0 Å². The van der Waals surface area contributed by atoms with E-state index in [2.05, 4.69) is 16.0 Å². The summed E-state index contributed by atoms with van der Waals surface area (Å²) < 4.78 is 0. The van der Waals surface area contributed by atoms with Crippen molar-refractivity contribution in [1.82, 2.24) is 9.97 Å². The molecule has 0 bridgehead atoms. The second-order valence-electron chi connectivity index (χ2n) is 2.39. The minimum Gasteiger partial charge on any atom is -0.241 e. The summed E-state index contributed by atoms with van der Waals surface area (Å²) in [6.45, 7) is 1.97. The van der Waals surface area contributed by atoms with Gasteiger partial charge in [-0.25, -0.2) is 9.97 Å². The van der Waals surface area contributed by atoms with Gasteiger partial charge in [0, 0.05) is 17.1 Å². The Morgan fingerprint density at radius 1 is 1.36 bits per heavy atom. The molecule has 2 aromatic rings. The van der Waals surface area contributed by atoms with Crippen molar-refractivity contribution in [2.45, 2.75) is 6.92 Å². The number of nitrogens with zero attached hydrogens (tertiary/aromatic N) is 2. The Balaban J connectivity index is 2.91. The maximum atomic E-state index is 4.08. The fraction of sp³-hybridized carbons (Fsp3) is 0.111. The quantitative estimate of drug-likeness (QED) is 0.561. The van der Waals surface area contributed by atoms with Crippen LogP contribution in [0.15, 0.2) is 24.5 Å². The summed E-state index contributed by atoms with van der Waals surface area (Å²) >= 11 is 0. The first kappa shape index (κ1) is 6.28. The SMILES string of the molecule is Cc1ncnc2[c]cccc12. The van der Waals surface area contributed by atoms with Gasteiger partial charge < -0.3 is 0 Å². The van der Waals surface area contributed by atoms with Crippen LogP contribution in [0.4, 0.5) is 0 Å². The zero-order valence-corrected chi connectivity index (χ0v) is 6.20. The van der Waals surface area contributed by atoms with Crippen LogP contribution in [0, 0.1) is 13.0 Å². The molecule has 0 amide bonds. The smallest absolute Gasteiger partial charge is 0.116 e. The molecule has 0 fully saturated rings. The number of fused-ring (bicyclic) bond motifs is 1. The van der Waals surface area contributed by atoms with Crippen LogP contribution in [0.3, 0.4) is 0 Å². The first-order chi connectivity index (χ1) is 5.38. The summed E-state index contributed by atoms with van der Waals surface area (Å²) in [7, 11) is 0. The summed E-state index contributed by atoms with van der Waals surface area (Å²) in [5, 5.41) is 1.08. The van der Waals surface area contributed by atoms with Gasteiger partial charge in [-0.05, 0) is 6.92 Å². The van der Waals surface area contributed by atoms with Crippen LogP contribution in [0.2, 0.25) is 0 Å². The maximum Gasteiger partial charge on any atom is 0.116 e. The summed E-state index contributed by atoms with van der Waals surface area (Å²) in [6.07, 6.45) is 1.56. The highest BCUT2D eigenvalue weighted by molar-refractivity contribution is 5.79. The van der Waals surface area contributed by atoms with E-state index >= 15 is 0 Å². The number of para-hydroxylation sites is 1. The van der Waals surface area contributed by atoms with Gasteiger partial charge in [-0.15, -0.1) is 0 Å². The Bertz CT molecular complexity index is 377. The van der Waals surface area contributed by atoms with Gasteiger partial charge in [0.15, 0.2) is 0 Å².